The highest BCUT2D eigenvalue weighted by Crippen LogP contribution is 2.21. The molecular formula is C24H32N2O2. The number of carbonyl (C=O) groups is 1. The molecule has 2 aromatic rings. The summed E-state index contributed by atoms with van der Waals surface area (Å²) in [6.07, 6.45) is 2.76. The van der Waals surface area contributed by atoms with Crippen LogP contribution in [0.25, 0.3) is 0 Å². The van der Waals surface area contributed by atoms with Crippen molar-refractivity contribution in [3.05, 3.63) is 64.7 Å². The lowest BCUT2D eigenvalue weighted by Gasteiger charge is -2.19. The van der Waals surface area contributed by atoms with Crippen molar-refractivity contribution >= 4 is 5.91 Å². The third-order valence-electron chi connectivity index (χ3n) is 5.34. The van der Waals surface area contributed by atoms with E-state index in [1.807, 2.05) is 32.9 Å². The average molecular weight is 381 g/mol. The Bertz CT molecular complexity index is 797. The van der Waals surface area contributed by atoms with Gasteiger partial charge in [0.1, 0.15) is 5.75 Å². The first-order chi connectivity index (χ1) is 13.5. The van der Waals surface area contributed by atoms with Crippen LogP contribution in [-0.2, 0) is 17.9 Å². The minimum atomic E-state index is -0.478. The van der Waals surface area contributed by atoms with Crippen LogP contribution in [0.2, 0.25) is 0 Å². The van der Waals surface area contributed by atoms with Crippen molar-refractivity contribution in [2.24, 2.45) is 0 Å². The molecule has 1 saturated heterocycles. The molecule has 1 fully saturated rings. The number of ether oxygens (including phenoxy) is 1. The Labute approximate surface area is 168 Å². The number of nitrogens with one attached hydrogen (secondary N) is 1. The van der Waals surface area contributed by atoms with E-state index in [0.717, 1.165) is 29.0 Å². The van der Waals surface area contributed by atoms with Gasteiger partial charge in [0.15, 0.2) is 6.10 Å². The molecule has 0 aromatic heterocycles. The molecule has 0 bridgehead atoms. The monoisotopic (exact) mass is 380 g/mol. The minimum absolute atomic E-state index is 0.0617. The summed E-state index contributed by atoms with van der Waals surface area (Å²) in [5.41, 5.74) is 4.62. The molecular weight excluding hydrogens is 348 g/mol. The topological polar surface area (TPSA) is 41.6 Å². The molecule has 2 aromatic carbocycles. The van der Waals surface area contributed by atoms with Crippen LogP contribution >= 0.6 is 0 Å². The van der Waals surface area contributed by atoms with Crippen LogP contribution in [0, 0.1) is 13.8 Å². The van der Waals surface area contributed by atoms with E-state index in [9.17, 15) is 4.79 Å². The smallest absolute Gasteiger partial charge is 0.261 e. The van der Waals surface area contributed by atoms with E-state index >= 15 is 0 Å². The van der Waals surface area contributed by atoms with Crippen LogP contribution in [-0.4, -0.2) is 30.0 Å². The van der Waals surface area contributed by atoms with Gasteiger partial charge >= 0.3 is 0 Å². The van der Waals surface area contributed by atoms with E-state index in [1.165, 1.54) is 31.5 Å². The predicted molar refractivity (Wildman–Crippen MR) is 113 cm³/mol. The molecule has 28 heavy (non-hydrogen) atoms. The number of hydrogen-bond acceptors (Lipinski definition) is 3. The largest absolute Gasteiger partial charge is 0.480 e. The van der Waals surface area contributed by atoms with Gasteiger partial charge in [-0.05, 0) is 74.5 Å². The zero-order valence-electron chi connectivity index (χ0n) is 17.3. The van der Waals surface area contributed by atoms with E-state index in [1.54, 1.807) is 0 Å². The summed E-state index contributed by atoms with van der Waals surface area (Å²) in [5, 5.41) is 3.05. The highest BCUT2D eigenvalue weighted by atomic mass is 16.5. The molecule has 0 saturated carbocycles. The molecule has 1 N–H and O–H groups in total. The van der Waals surface area contributed by atoms with E-state index in [4.69, 9.17) is 4.74 Å². The predicted octanol–water partition coefficient (Wildman–Crippen LogP) is 4.37. The normalized spacial score (nSPS) is 15.4. The molecule has 4 nitrogen and oxygen atoms in total. The van der Waals surface area contributed by atoms with Crippen LogP contribution in [0.1, 0.15) is 48.4 Å². The molecule has 1 aliphatic heterocycles. The number of carbonyl (C=O) groups excluding carboxylic acids is 1. The molecule has 1 unspecified atom stereocenters. The quantitative estimate of drug-likeness (QED) is 0.739. The molecule has 150 valence electrons. The van der Waals surface area contributed by atoms with Crippen LogP contribution in [0.5, 0.6) is 5.75 Å². The van der Waals surface area contributed by atoms with Gasteiger partial charge in [-0.25, -0.2) is 0 Å². The fraction of sp³-hybridized carbons (Fsp3) is 0.458. The maximum atomic E-state index is 12.7. The van der Waals surface area contributed by atoms with Gasteiger partial charge < -0.3 is 10.1 Å². The Hall–Kier alpha value is -2.33. The van der Waals surface area contributed by atoms with Crippen molar-refractivity contribution in [3.63, 3.8) is 0 Å². The Morgan fingerprint density at radius 1 is 1.11 bits per heavy atom. The highest BCUT2D eigenvalue weighted by molar-refractivity contribution is 5.81. The fourth-order valence-corrected chi connectivity index (χ4v) is 3.65. The third kappa shape index (κ3) is 5.59. The van der Waals surface area contributed by atoms with E-state index < -0.39 is 6.10 Å². The summed E-state index contributed by atoms with van der Waals surface area (Å²) >= 11 is 0. The molecule has 0 radical (unpaired) electrons. The number of hydrogen-bond donors (Lipinski definition) is 1. The lowest BCUT2D eigenvalue weighted by atomic mass is 10.1. The van der Waals surface area contributed by atoms with Gasteiger partial charge in [-0.15, -0.1) is 0 Å². The average Bonchev–Trinajstić information content (AvgIpc) is 3.20. The summed E-state index contributed by atoms with van der Waals surface area (Å²) in [5.74, 6) is 0.725. The number of nitrogens with zero attached hydrogens (tertiary/aromatic N) is 1. The molecule has 1 amide bonds. The molecule has 0 spiro atoms. The Morgan fingerprint density at radius 2 is 1.86 bits per heavy atom. The summed E-state index contributed by atoms with van der Waals surface area (Å²) in [6, 6.07) is 14.6. The molecule has 1 atom stereocenters. The lowest BCUT2D eigenvalue weighted by Crippen LogP contribution is -2.37. The third-order valence-corrected chi connectivity index (χ3v) is 5.34. The molecule has 3 rings (SSSR count). The minimum Gasteiger partial charge on any atom is -0.480 e. The molecule has 0 aliphatic carbocycles. The zero-order chi connectivity index (χ0) is 19.9. The number of amides is 1. The Kier molecular flexibility index (Phi) is 7.10. The lowest BCUT2D eigenvalue weighted by molar-refractivity contribution is -0.128. The summed E-state index contributed by atoms with van der Waals surface area (Å²) in [7, 11) is 0. The number of likely N-dealkylation sites (tertiary alicyclic amines) is 1. The first-order valence-corrected chi connectivity index (χ1v) is 10.4. The van der Waals surface area contributed by atoms with E-state index in [-0.39, 0.29) is 5.91 Å². The van der Waals surface area contributed by atoms with Crippen molar-refractivity contribution in [2.45, 2.75) is 59.2 Å². The zero-order valence-corrected chi connectivity index (χ0v) is 17.3. The van der Waals surface area contributed by atoms with Gasteiger partial charge in [-0.2, -0.15) is 0 Å². The van der Waals surface area contributed by atoms with Gasteiger partial charge in [-0.3, -0.25) is 9.69 Å². The summed E-state index contributed by atoms with van der Waals surface area (Å²) in [6.45, 7) is 9.91. The number of benzene rings is 2. The van der Waals surface area contributed by atoms with Crippen molar-refractivity contribution in [2.75, 3.05) is 13.1 Å². The molecule has 1 aliphatic rings. The van der Waals surface area contributed by atoms with E-state index in [2.05, 4.69) is 40.5 Å². The van der Waals surface area contributed by atoms with Gasteiger partial charge in [0.25, 0.3) is 5.91 Å². The standard InChI is InChI=1S/C24H32N2O2/c1-4-22(28-23-14-18(2)10-11-19(23)3)24(27)25-16-20-8-7-9-21(15-20)17-26-12-5-6-13-26/h7-11,14-15,22H,4-6,12-13,16-17H2,1-3H3,(H,25,27). The summed E-state index contributed by atoms with van der Waals surface area (Å²) < 4.78 is 6.02. The van der Waals surface area contributed by atoms with Crippen LogP contribution in [0.3, 0.4) is 0 Å². The SMILES string of the molecule is CCC(Oc1cc(C)ccc1C)C(=O)NCc1cccc(CN2CCCC2)c1. The van der Waals surface area contributed by atoms with Crippen LogP contribution < -0.4 is 10.1 Å². The molecule has 4 heteroatoms. The van der Waals surface area contributed by atoms with Gasteiger partial charge in [0.05, 0.1) is 0 Å². The van der Waals surface area contributed by atoms with Crippen LogP contribution in [0.4, 0.5) is 0 Å². The van der Waals surface area contributed by atoms with Gasteiger partial charge in [0, 0.05) is 13.1 Å². The van der Waals surface area contributed by atoms with Crippen molar-refractivity contribution in [1.29, 1.82) is 0 Å². The first kappa shape index (κ1) is 20.4. The van der Waals surface area contributed by atoms with Crippen molar-refractivity contribution < 1.29 is 9.53 Å². The Morgan fingerprint density at radius 3 is 2.61 bits per heavy atom. The molecule has 1 heterocycles. The van der Waals surface area contributed by atoms with E-state index in [0.29, 0.717) is 13.0 Å². The number of rotatable bonds is 8. The first-order valence-electron chi connectivity index (χ1n) is 10.4. The second kappa shape index (κ2) is 9.74. The second-order valence-electron chi connectivity index (χ2n) is 7.80. The van der Waals surface area contributed by atoms with Crippen molar-refractivity contribution in [3.8, 4) is 5.75 Å². The summed E-state index contributed by atoms with van der Waals surface area (Å²) in [4.78, 5) is 15.2. The Balaban J connectivity index is 1.56. The highest BCUT2D eigenvalue weighted by Gasteiger charge is 2.19. The maximum absolute atomic E-state index is 12.7. The van der Waals surface area contributed by atoms with Crippen molar-refractivity contribution in [1.82, 2.24) is 10.2 Å². The second-order valence-corrected chi connectivity index (χ2v) is 7.80. The number of aryl methyl sites for hydroxylation is 2. The van der Waals surface area contributed by atoms with Gasteiger partial charge in [-0.1, -0.05) is 43.3 Å². The maximum Gasteiger partial charge on any atom is 0.261 e. The van der Waals surface area contributed by atoms with Crippen LogP contribution in [0.15, 0.2) is 42.5 Å². The van der Waals surface area contributed by atoms with Gasteiger partial charge in [0.2, 0.25) is 0 Å². The fourth-order valence-electron chi connectivity index (χ4n) is 3.65.